The van der Waals surface area contributed by atoms with Crippen molar-refractivity contribution in [3.63, 3.8) is 0 Å². The second-order valence-electron chi connectivity index (χ2n) is 4.62. The van der Waals surface area contributed by atoms with Crippen LogP contribution in [0.15, 0.2) is 35.3 Å². The molecule has 5 nitrogen and oxygen atoms in total. The molecule has 0 saturated carbocycles. The fraction of sp³-hybridized carbons (Fsp3) is 0.400. The summed E-state index contributed by atoms with van der Waals surface area (Å²) in [6, 6.07) is 8.74. The molecule has 0 spiro atoms. The predicted molar refractivity (Wildman–Crippen MR) is 75.6 cm³/mol. The number of hydrogen-bond acceptors (Lipinski definition) is 3. The van der Waals surface area contributed by atoms with Crippen LogP contribution in [0.3, 0.4) is 0 Å². The number of ether oxygens (including phenoxy) is 1. The Morgan fingerprint density at radius 3 is 2.40 bits per heavy atom. The first-order valence-corrected chi connectivity index (χ1v) is 6.67. The molecular weight excluding hydrogens is 256 g/mol. The van der Waals surface area contributed by atoms with Crippen molar-refractivity contribution in [2.75, 3.05) is 13.7 Å². The number of aliphatic imine (C=N–C) groups is 1. The number of urea groups is 1. The predicted octanol–water partition coefficient (Wildman–Crippen LogP) is 2.36. The number of carbonyl (C=O) groups is 2. The average molecular weight is 274 g/mol. The van der Waals surface area contributed by atoms with E-state index >= 15 is 0 Å². The lowest BCUT2D eigenvalue weighted by molar-refractivity contribution is -0.131. The van der Waals surface area contributed by atoms with Crippen LogP contribution in [0.25, 0.3) is 0 Å². The van der Waals surface area contributed by atoms with Gasteiger partial charge in [-0.15, -0.1) is 0 Å². The van der Waals surface area contributed by atoms with Crippen LogP contribution in [0.5, 0.6) is 0 Å². The molecule has 2 rings (SSSR count). The average Bonchev–Trinajstić information content (AvgIpc) is 2.47. The lowest BCUT2D eigenvalue weighted by Gasteiger charge is -2.37. The van der Waals surface area contributed by atoms with Gasteiger partial charge >= 0.3 is 6.03 Å². The molecule has 0 N–H and O–H groups in total. The minimum absolute atomic E-state index is 0.196. The monoisotopic (exact) mass is 274 g/mol. The maximum atomic E-state index is 12.7. The van der Waals surface area contributed by atoms with Crippen molar-refractivity contribution in [1.29, 1.82) is 0 Å². The summed E-state index contributed by atoms with van der Waals surface area (Å²) in [7, 11) is 1.45. The fourth-order valence-corrected chi connectivity index (χ4v) is 2.49. The molecule has 0 aromatic heterocycles. The van der Waals surface area contributed by atoms with Crippen molar-refractivity contribution in [1.82, 2.24) is 4.90 Å². The molecule has 1 aliphatic rings. The van der Waals surface area contributed by atoms with E-state index in [1.165, 1.54) is 7.05 Å². The van der Waals surface area contributed by atoms with Crippen LogP contribution in [0.1, 0.15) is 25.8 Å². The van der Waals surface area contributed by atoms with Crippen molar-refractivity contribution < 1.29 is 14.3 Å². The molecule has 1 aromatic rings. The van der Waals surface area contributed by atoms with Gasteiger partial charge in [0, 0.05) is 7.05 Å². The number of hydrogen-bond donors (Lipinski definition) is 0. The van der Waals surface area contributed by atoms with Crippen molar-refractivity contribution in [2.24, 2.45) is 4.99 Å². The third-order valence-corrected chi connectivity index (χ3v) is 3.60. The van der Waals surface area contributed by atoms with Crippen LogP contribution in [-0.2, 0) is 14.9 Å². The molecule has 1 unspecified atom stereocenters. The van der Waals surface area contributed by atoms with E-state index in [9.17, 15) is 9.59 Å². The van der Waals surface area contributed by atoms with Gasteiger partial charge in [-0.05, 0) is 18.9 Å². The van der Waals surface area contributed by atoms with E-state index in [1.54, 1.807) is 6.92 Å². The fourth-order valence-electron chi connectivity index (χ4n) is 2.49. The molecule has 5 heteroatoms. The van der Waals surface area contributed by atoms with Crippen molar-refractivity contribution in [3.05, 3.63) is 35.9 Å². The summed E-state index contributed by atoms with van der Waals surface area (Å²) in [6.07, 6.45) is 0.478. The summed E-state index contributed by atoms with van der Waals surface area (Å²) < 4.78 is 5.51. The molecule has 0 radical (unpaired) electrons. The van der Waals surface area contributed by atoms with Gasteiger partial charge in [0.05, 0.1) is 6.61 Å². The maximum Gasteiger partial charge on any atom is 0.353 e. The van der Waals surface area contributed by atoms with Gasteiger partial charge in [0.25, 0.3) is 0 Å². The van der Waals surface area contributed by atoms with Gasteiger partial charge in [-0.2, -0.15) is 4.99 Å². The van der Waals surface area contributed by atoms with Gasteiger partial charge < -0.3 is 4.74 Å². The molecule has 3 amide bonds. The Morgan fingerprint density at radius 2 is 1.85 bits per heavy atom. The molecule has 20 heavy (non-hydrogen) atoms. The molecule has 0 bridgehead atoms. The molecule has 1 aliphatic heterocycles. The number of amides is 3. The van der Waals surface area contributed by atoms with E-state index in [-0.39, 0.29) is 11.8 Å². The van der Waals surface area contributed by atoms with Gasteiger partial charge in [0.15, 0.2) is 5.41 Å². The zero-order valence-electron chi connectivity index (χ0n) is 11.9. The number of nitrogens with zero attached hydrogens (tertiary/aromatic N) is 2. The number of rotatable bonds is 3. The van der Waals surface area contributed by atoms with Crippen LogP contribution < -0.4 is 0 Å². The van der Waals surface area contributed by atoms with Crippen LogP contribution in [0, 0.1) is 0 Å². The smallest absolute Gasteiger partial charge is 0.353 e. The highest BCUT2D eigenvalue weighted by atomic mass is 16.5. The minimum Gasteiger partial charge on any atom is -0.480 e. The first-order chi connectivity index (χ1) is 9.57. The molecular formula is C15H18N2O3. The number of likely N-dealkylation sites (N-methyl/N-ethyl adjacent to an activating group) is 1. The molecule has 0 fully saturated rings. The van der Waals surface area contributed by atoms with Gasteiger partial charge in [0.1, 0.15) is 0 Å². The van der Waals surface area contributed by atoms with E-state index in [0.29, 0.717) is 13.0 Å². The third kappa shape index (κ3) is 1.99. The second-order valence-corrected chi connectivity index (χ2v) is 4.62. The molecule has 106 valence electrons. The Balaban J connectivity index is 2.66. The Morgan fingerprint density at radius 1 is 1.20 bits per heavy atom. The molecule has 0 aliphatic carbocycles. The first kappa shape index (κ1) is 14.2. The standard InChI is InChI=1S/C15H18N2O3/c1-4-15(11-9-7-6-8-10-11)12(20-5-2)16-14(19)17(3)13(15)18/h6-10H,4-5H2,1-3H3. The summed E-state index contributed by atoms with van der Waals surface area (Å²) in [5, 5.41) is 0. The number of benzene rings is 1. The van der Waals surface area contributed by atoms with E-state index < -0.39 is 11.4 Å². The summed E-state index contributed by atoms with van der Waals surface area (Å²) >= 11 is 0. The number of imide groups is 1. The molecule has 1 atom stereocenters. The van der Waals surface area contributed by atoms with Crippen LogP contribution in [0.4, 0.5) is 4.79 Å². The zero-order chi connectivity index (χ0) is 14.8. The van der Waals surface area contributed by atoms with E-state index in [4.69, 9.17) is 4.74 Å². The Hall–Kier alpha value is -2.17. The zero-order valence-corrected chi connectivity index (χ0v) is 11.9. The lowest BCUT2D eigenvalue weighted by Crippen LogP contribution is -2.56. The lowest BCUT2D eigenvalue weighted by atomic mass is 9.75. The SMILES string of the molecule is CCOC1=NC(=O)N(C)C(=O)C1(CC)c1ccccc1. The van der Waals surface area contributed by atoms with Crippen LogP contribution >= 0.6 is 0 Å². The largest absolute Gasteiger partial charge is 0.480 e. The highest BCUT2D eigenvalue weighted by molar-refractivity contribution is 6.20. The van der Waals surface area contributed by atoms with Crippen LogP contribution in [0.2, 0.25) is 0 Å². The first-order valence-electron chi connectivity index (χ1n) is 6.67. The quantitative estimate of drug-likeness (QED) is 0.850. The third-order valence-electron chi connectivity index (χ3n) is 3.60. The number of carbonyl (C=O) groups excluding carboxylic acids is 2. The summed E-state index contributed by atoms with van der Waals surface area (Å²) in [5.74, 6) is -0.101. The Labute approximate surface area is 118 Å². The summed E-state index contributed by atoms with van der Waals surface area (Å²) in [5.41, 5.74) is -0.223. The Kier molecular flexibility index (Phi) is 3.88. The topological polar surface area (TPSA) is 59.0 Å². The van der Waals surface area contributed by atoms with Gasteiger partial charge in [0.2, 0.25) is 11.8 Å². The van der Waals surface area contributed by atoms with E-state index in [2.05, 4.69) is 4.99 Å². The van der Waals surface area contributed by atoms with Crippen LogP contribution in [-0.4, -0.2) is 36.4 Å². The molecule has 1 heterocycles. The highest BCUT2D eigenvalue weighted by Gasteiger charge is 2.51. The Bertz CT molecular complexity index is 553. The summed E-state index contributed by atoms with van der Waals surface area (Å²) in [4.78, 5) is 29.5. The van der Waals surface area contributed by atoms with Gasteiger partial charge in [-0.1, -0.05) is 37.3 Å². The van der Waals surface area contributed by atoms with E-state index in [0.717, 1.165) is 10.5 Å². The maximum absolute atomic E-state index is 12.7. The highest BCUT2D eigenvalue weighted by Crippen LogP contribution is 2.35. The molecule has 1 aromatic carbocycles. The van der Waals surface area contributed by atoms with Gasteiger partial charge in [-0.3, -0.25) is 9.69 Å². The van der Waals surface area contributed by atoms with Crippen molar-refractivity contribution in [3.8, 4) is 0 Å². The normalized spacial score (nSPS) is 22.8. The second kappa shape index (κ2) is 5.45. The summed E-state index contributed by atoms with van der Waals surface area (Å²) in [6.45, 7) is 4.06. The van der Waals surface area contributed by atoms with Crippen molar-refractivity contribution in [2.45, 2.75) is 25.7 Å². The molecule has 0 saturated heterocycles. The van der Waals surface area contributed by atoms with E-state index in [1.807, 2.05) is 37.3 Å². The van der Waals surface area contributed by atoms with Crippen molar-refractivity contribution >= 4 is 17.8 Å². The van der Waals surface area contributed by atoms with Gasteiger partial charge in [-0.25, -0.2) is 4.79 Å². The minimum atomic E-state index is -1.01.